The van der Waals surface area contributed by atoms with Crippen LogP contribution in [-0.2, 0) is 12.4 Å². The van der Waals surface area contributed by atoms with Gasteiger partial charge in [0.1, 0.15) is 0 Å². The minimum absolute atomic E-state index is 0.0505. The molecule has 2 N–H and O–H groups in total. The third-order valence-corrected chi connectivity index (χ3v) is 5.44. The van der Waals surface area contributed by atoms with Gasteiger partial charge < -0.3 is 10.6 Å². The van der Waals surface area contributed by atoms with Crippen LogP contribution in [-0.4, -0.2) is 9.97 Å². The first-order chi connectivity index (χ1) is 17.1. The minimum atomic E-state index is -4.55. The second-order valence-electron chi connectivity index (χ2n) is 8.02. The van der Waals surface area contributed by atoms with E-state index in [9.17, 15) is 26.3 Å². The zero-order valence-corrected chi connectivity index (χ0v) is 18.2. The van der Waals surface area contributed by atoms with Crippen molar-refractivity contribution >= 4 is 44.8 Å². The van der Waals surface area contributed by atoms with Crippen LogP contribution in [0.25, 0.3) is 21.8 Å². The highest BCUT2D eigenvalue weighted by molar-refractivity contribution is 5.96. The second kappa shape index (κ2) is 8.71. The lowest BCUT2D eigenvalue weighted by molar-refractivity contribution is -0.138. The Morgan fingerprint density at radius 1 is 0.500 bits per heavy atom. The summed E-state index contributed by atoms with van der Waals surface area (Å²) in [7, 11) is 0. The third-order valence-electron chi connectivity index (χ3n) is 5.44. The van der Waals surface area contributed by atoms with Crippen molar-refractivity contribution in [3.05, 3.63) is 96.1 Å². The fraction of sp³-hybridized carbons (Fsp3) is 0.0769. The number of nitrogens with one attached hydrogen (secondary N) is 2. The molecule has 5 rings (SSSR count). The normalized spacial score (nSPS) is 12.2. The van der Waals surface area contributed by atoms with Gasteiger partial charge in [-0.1, -0.05) is 36.4 Å². The van der Waals surface area contributed by atoms with Crippen LogP contribution in [0, 0.1) is 0 Å². The molecule has 0 atom stereocenters. The molecule has 0 aliphatic rings. The van der Waals surface area contributed by atoms with E-state index in [1.807, 2.05) is 24.3 Å². The first kappa shape index (κ1) is 23.4. The maximum atomic E-state index is 13.2. The molecule has 0 spiro atoms. The summed E-state index contributed by atoms with van der Waals surface area (Å²) in [5.74, 6) is 0.101. The molecule has 1 heterocycles. The summed E-state index contributed by atoms with van der Waals surface area (Å²) in [4.78, 5) is 9.08. The van der Waals surface area contributed by atoms with Crippen molar-refractivity contribution < 1.29 is 26.3 Å². The predicted molar refractivity (Wildman–Crippen MR) is 126 cm³/mol. The van der Waals surface area contributed by atoms with E-state index >= 15 is 0 Å². The number of hydrogen-bond acceptors (Lipinski definition) is 4. The molecule has 4 nitrogen and oxygen atoms in total. The lowest BCUT2D eigenvalue weighted by atomic mass is 10.1. The van der Waals surface area contributed by atoms with Gasteiger partial charge in [0.05, 0.1) is 22.2 Å². The van der Waals surface area contributed by atoms with Crippen molar-refractivity contribution in [2.75, 3.05) is 10.6 Å². The summed E-state index contributed by atoms with van der Waals surface area (Å²) in [6, 6.07) is 20.1. The predicted octanol–water partition coefficient (Wildman–Crippen LogP) is 8.31. The van der Waals surface area contributed by atoms with Gasteiger partial charge in [-0.05, 0) is 59.3 Å². The highest BCUT2D eigenvalue weighted by atomic mass is 19.4. The fourth-order valence-corrected chi connectivity index (χ4v) is 3.74. The molecule has 5 aromatic rings. The molecule has 0 aliphatic heterocycles. The molecule has 0 aliphatic carbocycles. The van der Waals surface area contributed by atoms with Gasteiger partial charge in [0.25, 0.3) is 0 Å². The first-order valence-electron chi connectivity index (χ1n) is 10.7. The molecule has 0 radical (unpaired) electrons. The molecule has 0 saturated carbocycles. The summed E-state index contributed by atoms with van der Waals surface area (Å²) >= 11 is 0. The molecule has 0 fully saturated rings. The number of nitrogens with zero attached hydrogens (tertiary/aromatic N) is 2. The largest absolute Gasteiger partial charge is 0.416 e. The molecular weight excluding hydrogens is 482 g/mol. The van der Waals surface area contributed by atoms with Crippen LogP contribution in [0.15, 0.2) is 84.9 Å². The Hall–Kier alpha value is -4.34. The fourth-order valence-electron chi connectivity index (χ4n) is 3.74. The average molecular weight is 498 g/mol. The van der Waals surface area contributed by atoms with Gasteiger partial charge in [0, 0.05) is 11.4 Å². The molecule has 182 valence electrons. The van der Waals surface area contributed by atoms with E-state index in [0.717, 1.165) is 35.0 Å². The number of rotatable bonds is 4. The molecule has 10 heteroatoms. The van der Waals surface area contributed by atoms with Crippen LogP contribution < -0.4 is 10.6 Å². The number of alkyl halides is 6. The van der Waals surface area contributed by atoms with Crippen LogP contribution in [0.5, 0.6) is 0 Å². The van der Waals surface area contributed by atoms with Crippen molar-refractivity contribution in [3.63, 3.8) is 0 Å². The quantitative estimate of drug-likeness (QED) is 0.193. The van der Waals surface area contributed by atoms with Crippen molar-refractivity contribution in [3.8, 4) is 0 Å². The van der Waals surface area contributed by atoms with E-state index in [0.29, 0.717) is 11.0 Å². The van der Waals surface area contributed by atoms with Crippen molar-refractivity contribution in [2.45, 2.75) is 12.4 Å². The van der Waals surface area contributed by atoms with Crippen LogP contribution in [0.1, 0.15) is 11.1 Å². The van der Waals surface area contributed by atoms with Gasteiger partial charge in [-0.25, -0.2) is 9.97 Å². The SMILES string of the molecule is FC(F)(F)c1cccc(Nc2nc3cc4ccccc4cc3nc2Nc2cccc(C(F)(F)F)c2)c1. The average Bonchev–Trinajstić information content (AvgIpc) is 2.82. The molecule has 0 saturated heterocycles. The Kier molecular flexibility index (Phi) is 5.66. The van der Waals surface area contributed by atoms with Crippen molar-refractivity contribution in [2.24, 2.45) is 0 Å². The zero-order chi connectivity index (χ0) is 25.5. The van der Waals surface area contributed by atoms with Gasteiger partial charge in [0.2, 0.25) is 0 Å². The number of benzene rings is 4. The summed E-state index contributed by atoms with van der Waals surface area (Å²) in [6.07, 6.45) is -9.10. The molecular formula is C26H16F6N4. The number of aromatic nitrogens is 2. The monoisotopic (exact) mass is 498 g/mol. The molecule has 0 bridgehead atoms. The van der Waals surface area contributed by atoms with Gasteiger partial charge >= 0.3 is 12.4 Å². The van der Waals surface area contributed by atoms with Crippen LogP contribution >= 0.6 is 0 Å². The van der Waals surface area contributed by atoms with Gasteiger partial charge in [0.15, 0.2) is 11.6 Å². The minimum Gasteiger partial charge on any atom is -0.337 e. The highest BCUT2D eigenvalue weighted by Gasteiger charge is 2.31. The Labute approximate surface area is 200 Å². The summed E-state index contributed by atoms with van der Waals surface area (Å²) in [5, 5.41) is 7.42. The molecule has 1 aromatic heterocycles. The zero-order valence-electron chi connectivity index (χ0n) is 18.2. The van der Waals surface area contributed by atoms with E-state index in [-0.39, 0.29) is 23.0 Å². The highest BCUT2D eigenvalue weighted by Crippen LogP contribution is 2.35. The van der Waals surface area contributed by atoms with Crippen LogP contribution in [0.2, 0.25) is 0 Å². The second-order valence-corrected chi connectivity index (χ2v) is 8.02. The summed E-state index contributed by atoms with van der Waals surface area (Å²) in [5.41, 5.74) is -0.632. The number of fused-ring (bicyclic) bond motifs is 2. The molecule has 0 amide bonds. The van der Waals surface area contributed by atoms with Gasteiger partial charge in [-0.2, -0.15) is 26.3 Å². The van der Waals surface area contributed by atoms with Gasteiger partial charge in [-0.15, -0.1) is 0 Å². The van der Waals surface area contributed by atoms with Crippen LogP contribution in [0.4, 0.5) is 49.4 Å². The topological polar surface area (TPSA) is 49.8 Å². The van der Waals surface area contributed by atoms with E-state index in [4.69, 9.17) is 0 Å². The van der Waals surface area contributed by atoms with E-state index in [2.05, 4.69) is 20.6 Å². The number of halogens is 6. The molecule has 0 unspecified atom stereocenters. The Balaban J connectivity index is 1.62. The van der Waals surface area contributed by atoms with E-state index < -0.39 is 23.5 Å². The maximum Gasteiger partial charge on any atom is 0.416 e. The lowest BCUT2D eigenvalue weighted by Crippen LogP contribution is -2.08. The van der Waals surface area contributed by atoms with E-state index in [1.165, 1.54) is 24.3 Å². The van der Waals surface area contributed by atoms with Gasteiger partial charge in [-0.3, -0.25) is 0 Å². The van der Waals surface area contributed by atoms with Crippen molar-refractivity contribution in [1.29, 1.82) is 0 Å². The number of anilines is 4. The Morgan fingerprint density at radius 3 is 1.31 bits per heavy atom. The molecule has 36 heavy (non-hydrogen) atoms. The Morgan fingerprint density at radius 2 is 0.917 bits per heavy atom. The standard InChI is InChI=1S/C26H16F6N4/c27-25(28,29)17-7-3-9-19(13-17)33-23-24(34-20-10-4-8-18(14-20)26(30,31)32)36-22-12-16-6-2-1-5-15(16)11-21(22)35-23/h1-14H,(H,33,35)(H,34,36). The molecule has 4 aromatic carbocycles. The summed E-state index contributed by atoms with van der Waals surface area (Å²) < 4.78 is 79.2. The third kappa shape index (κ3) is 4.88. The lowest BCUT2D eigenvalue weighted by Gasteiger charge is -2.16. The van der Waals surface area contributed by atoms with E-state index in [1.54, 1.807) is 12.1 Å². The first-order valence-corrected chi connectivity index (χ1v) is 10.7. The maximum absolute atomic E-state index is 13.2. The van der Waals surface area contributed by atoms with Crippen LogP contribution in [0.3, 0.4) is 0 Å². The Bertz CT molecular complexity index is 1460. The van der Waals surface area contributed by atoms with Crippen molar-refractivity contribution in [1.82, 2.24) is 9.97 Å². The summed E-state index contributed by atoms with van der Waals surface area (Å²) in [6.45, 7) is 0. The number of hydrogen-bond donors (Lipinski definition) is 2. The smallest absolute Gasteiger partial charge is 0.337 e.